The van der Waals surface area contributed by atoms with Gasteiger partial charge in [-0.25, -0.2) is 4.39 Å². The molecule has 32 heavy (non-hydrogen) atoms. The van der Waals surface area contributed by atoms with Crippen molar-refractivity contribution in [3.05, 3.63) is 76.5 Å². The number of hydrogen-bond acceptors (Lipinski definition) is 2. The Hall–Kier alpha value is -2.59. The van der Waals surface area contributed by atoms with Gasteiger partial charge in [0.25, 0.3) is 0 Å². The van der Waals surface area contributed by atoms with Crippen LogP contribution in [0.2, 0.25) is 0 Å². The van der Waals surface area contributed by atoms with Crippen LogP contribution in [0.25, 0.3) is 32.9 Å². The average Bonchev–Trinajstić information content (AvgIpc) is 2.81. The topological polar surface area (TPSA) is 13.1 Å². The molecule has 0 N–H and O–H groups in total. The van der Waals surface area contributed by atoms with Gasteiger partial charge in [0.2, 0.25) is 5.82 Å². The van der Waals surface area contributed by atoms with Crippen molar-refractivity contribution in [1.82, 2.24) is 0 Å². The van der Waals surface area contributed by atoms with Crippen LogP contribution >= 0.6 is 12.2 Å². The first-order valence-corrected chi connectivity index (χ1v) is 11.9. The molecule has 0 aliphatic rings. The first-order valence-electron chi connectivity index (χ1n) is 11.5. The molecule has 0 bridgehead atoms. The van der Waals surface area contributed by atoms with Gasteiger partial charge in [-0.3, -0.25) is 0 Å². The quantitative estimate of drug-likeness (QED) is 0.143. The summed E-state index contributed by atoms with van der Waals surface area (Å²) in [7, 11) is 0. The van der Waals surface area contributed by atoms with Gasteiger partial charge in [-0.05, 0) is 65.3 Å². The highest BCUT2D eigenvalue weighted by Gasteiger charge is 2.14. The molecule has 0 atom stereocenters. The summed E-state index contributed by atoms with van der Waals surface area (Å²) in [4.78, 5) is 0. The molecule has 0 amide bonds. The van der Waals surface area contributed by atoms with Gasteiger partial charge in [0.15, 0.2) is 16.1 Å². The number of benzene rings is 3. The third-order valence-corrected chi connectivity index (χ3v) is 6.43. The Bertz CT molecular complexity index is 1270. The van der Waals surface area contributed by atoms with Crippen molar-refractivity contribution in [2.24, 2.45) is 0 Å². The van der Waals surface area contributed by atoms with Gasteiger partial charge in [-0.15, -0.1) is 0 Å². The first-order chi connectivity index (χ1) is 15.6. The Morgan fingerprint density at radius 2 is 1.38 bits per heavy atom. The van der Waals surface area contributed by atoms with Crippen molar-refractivity contribution < 1.29 is 13.2 Å². The van der Waals surface area contributed by atoms with E-state index in [1.54, 1.807) is 0 Å². The van der Waals surface area contributed by atoms with Crippen LogP contribution in [-0.2, 0) is 6.42 Å². The second kappa shape index (κ2) is 10.4. The van der Waals surface area contributed by atoms with Crippen molar-refractivity contribution in [1.29, 1.82) is 0 Å². The molecule has 0 saturated carbocycles. The van der Waals surface area contributed by atoms with Gasteiger partial charge in [0.05, 0.1) is 0 Å². The van der Waals surface area contributed by atoms with Crippen LogP contribution in [-0.4, -0.2) is 0 Å². The Kier molecular flexibility index (Phi) is 7.31. The van der Waals surface area contributed by atoms with Crippen molar-refractivity contribution in [2.75, 3.05) is 0 Å². The number of unbranched alkanes of at least 4 members (excludes halogenated alkanes) is 6. The molecule has 0 saturated heterocycles. The van der Waals surface area contributed by atoms with Crippen LogP contribution in [0, 0.1) is 16.3 Å². The van der Waals surface area contributed by atoms with Crippen molar-refractivity contribution in [3.8, 4) is 11.1 Å². The summed E-state index contributed by atoms with van der Waals surface area (Å²) in [6.07, 6.45) is 10.3. The highest BCUT2D eigenvalue weighted by Crippen LogP contribution is 2.32. The third kappa shape index (κ3) is 4.91. The fourth-order valence-electron chi connectivity index (χ4n) is 4.27. The minimum Gasteiger partial charge on any atom is -0.441 e. The highest BCUT2D eigenvalue weighted by atomic mass is 32.1. The fraction of sp³-hybridized carbons (Fsp3) is 0.321. The Morgan fingerprint density at radius 3 is 2.12 bits per heavy atom. The Morgan fingerprint density at radius 1 is 0.719 bits per heavy atom. The second-order valence-corrected chi connectivity index (χ2v) is 8.83. The molecular weight excluding hydrogens is 422 g/mol. The summed E-state index contributed by atoms with van der Waals surface area (Å²) in [6.45, 7) is 2.25. The molecule has 0 unspecified atom stereocenters. The van der Waals surface area contributed by atoms with E-state index in [2.05, 4.69) is 31.2 Å². The maximum atomic E-state index is 14.2. The van der Waals surface area contributed by atoms with E-state index in [1.165, 1.54) is 56.6 Å². The third-order valence-electron chi connectivity index (χ3n) is 6.13. The molecule has 0 radical (unpaired) electrons. The van der Waals surface area contributed by atoms with Gasteiger partial charge >= 0.3 is 0 Å². The molecule has 0 spiro atoms. The molecule has 1 heterocycles. The van der Waals surface area contributed by atoms with E-state index in [1.807, 2.05) is 18.2 Å². The summed E-state index contributed by atoms with van der Waals surface area (Å²) in [5.41, 5.74) is 3.33. The minimum absolute atomic E-state index is 0.134. The van der Waals surface area contributed by atoms with Crippen LogP contribution in [0.3, 0.4) is 0 Å². The predicted octanol–water partition coefficient (Wildman–Crippen LogP) is 9.55. The summed E-state index contributed by atoms with van der Waals surface area (Å²) < 4.78 is 33.4. The standard InChI is InChI=1S/C28H28F2OS/c1-2-3-4-5-6-7-8-9-19-10-12-20(13-11-19)21-14-15-22-23-16-17-25(29)26(30)27(23)31-28(32)24(22)18-21/h10-18H,2-9H2,1H3. The zero-order valence-electron chi connectivity index (χ0n) is 18.4. The monoisotopic (exact) mass is 450 g/mol. The lowest BCUT2D eigenvalue weighted by Gasteiger charge is -2.09. The second-order valence-electron chi connectivity index (χ2n) is 8.46. The minimum atomic E-state index is -1.00. The molecule has 1 nitrogen and oxygen atoms in total. The first kappa shape index (κ1) is 22.6. The number of fused-ring (bicyclic) bond motifs is 3. The molecule has 4 aromatic rings. The molecule has 4 rings (SSSR count). The van der Waals surface area contributed by atoms with Crippen LogP contribution in [0.5, 0.6) is 0 Å². The Labute approximate surface area is 193 Å². The molecule has 1 aromatic heterocycles. The summed E-state index contributed by atoms with van der Waals surface area (Å²) in [5.74, 6) is -1.95. The molecule has 166 valence electrons. The summed E-state index contributed by atoms with van der Waals surface area (Å²) >= 11 is 5.35. The largest absolute Gasteiger partial charge is 0.441 e. The van der Waals surface area contributed by atoms with Crippen molar-refractivity contribution in [3.63, 3.8) is 0 Å². The lowest BCUT2D eigenvalue weighted by Crippen LogP contribution is -1.89. The highest BCUT2D eigenvalue weighted by molar-refractivity contribution is 7.71. The summed E-state index contributed by atoms with van der Waals surface area (Å²) in [6, 6.07) is 17.2. The molecule has 0 fully saturated rings. The van der Waals surface area contributed by atoms with Gasteiger partial charge in [-0.2, -0.15) is 4.39 Å². The van der Waals surface area contributed by atoms with Gasteiger partial charge < -0.3 is 4.42 Å². The maximum absolute atomic E-state index is 14.2. The van der Waals surface area contributed by atoms with E-state index in [9.17, 15) is 8.78 Å². The number of aryl methyl sites for hydroxylation is 1. The van der Waals surface area contributed by atoms with Crippen LogP contribution in [0.1, 0.15) is 57.4 Å². The number of hydrogen-bond donors (Lipinski definition) is 0. The van der Waals surface area contributed by atoms with Crippen LogP contribution < -0.4 is 0 Å². The SMILES string of the molecule is CCCCCCCCCc1ccc(-c2ccc3c(c2)c(=S)oc2c(F)c(F)ccc23)cc1. The maximum Gasteiger partial charge on any atom is 0.201 e. The Balaban J connectivity index is 1.50. The molecule has 3 aromatic carbocycles. The zero-order valence-corrected chi connectivity index (χ0v) is 19.2. The van der Waals surface area contributed by atoms with E-state index in [0.29, 0.717) is 5.39 Å². The summed E-state index contributed by atoms with van der Waals surface area (Å²) in [5, 5.41) is 2.00. The lowest BCUT2D eigenvalue weighted by atomic mass is 9.98. The average molecular weight is 451 g/mol. The normalized spacial score (nSPS) is 11.5. The fourth-order valence-corrected chi connectivity index (χ4v) is 4.52. The van der Waals surface area contributed by atoms with Crippen LogP contribution in [0.4, 0.5) is 8.78 Å². The van der Waals surface area contributed by atoms with Gasteiger partial charge in [0, 0.05) is 10.8 Å². The molecule has 4 heteroatoms. The van der Waals surface area contributed by atoms with Gasteiger partial charge in [0.1, 0.15) is 0 Å². The molecular formula is C28H28F2OS. The molecule has 0 aliphatic heterocycles. The van der Waals surface area contributed by atoms with Crippen molar-refractivity contribution in [2.45, 2.75) is 58.3 Å². The van der Waals surface area contributed by atoms with Crippen molar-refractivity contribution >= 4 is 34.0 Å². The number of halogens is 2. The zero-order chi connectivity index (χ0) is 22.5. The van der Waals surface area contributed by atoms with Gasteiger partial charge in [-0.1, -0.05) is 81.8 Å². The number of rotatable bonds is 9. The van der Waals surface area contributed by atoms with E-state index in [4.69, 9.17) is 16.6 Å². The molecule has 0 aliphatic carbocycles. The predicted molar refractivity (Wildman–Crippen MR) is 132 cm³/mol. The van der Waals surface area contributed by atoms with E-state index < -0.39 is 11.6 Å². The van der Waals surface area contributed by atoms with E-state index in [0.717, 1.165) is 34.4 Å². The smallest absolute Gasteiger partial charge is 0.201 e. The lowest BCUT2D eigenvalue weighted by molar-refractivity contribution is 0.486. The van der Waals surface area contributed by atoms with E-state index in [-0.39, 0.29) is 10.3 Å². The van der Waals surface area contributed by atoms with Crippen LogP contribution in [0.15, 0.2) is 59.0 Å². The van der Waals surface area contributed by atoms with E-state index >= 15 is 0 Å².